The van der Waals surface area contributed by atoms with Crippen molar-refractivity contribution >= 4 is 34.5 Å². The fourth-order valence-corrected chi connectivity index (χ4v) is 4.81. The highest BCUT2D eigenvalue weighted by Crippen LogP contribution is 2.32. The quantitative estimate of drug-likeness (QED) is 0.634. The molecule has 6 heteroatoms. The molecule has 1 amide bonds. The highest BCUT2D eigenvalue weighted by molar-refractivity contribution is 7.15. The third-order valence-corrected chi connectivity index (χ3v) is 6.62. The van der Waals surface area contributed by atoms with Gasteiger partial charge in [0, 0.05) is 54.2 Å². The van der Waals surface area contributed by atoms with Gasteiger partial charge in [0.2, 0.25) is 0 Å². The maximum absolute atomic E-state index is 13.3. The van der Waals surface area contributed by atoms with E-state index in [4.69, 9.17) is 11.6 Å². The average Bonchev–Trinajstić information content (AvgIpc) is 3.30. The first-order valence-corrected chi connectivity index (χ1v) is 10.3. The molecule has 3 heterocycles. The summed E-state index contributed by atoms with van der Waals surface area (Å²) in [5.41, 5.74) is 3.04. The lowest BCUT2D eigenvalue weighted by Gasteiger charge is -2.36. The Balaban J connectivity index is 1.54. The number of anilines is 1. The second kappa shape index (κ2) is 7.41. The second-order valence-electron chi connectivity index (χ2n) is 6.81. The van der Waals surface area contributed by atoms with Gasteiger partial charge in [-0.1, -0.05) is 17.7 Å². The summed E-state index contributed by atoms with van der Waals surface area (Å²) < 4.78 is 2.04. The number of carbonyl (C=O) groups excluding carboxylic acids is 1. The van der Waals surface area contributed by atoms with E-state index in [1.54, 1.807) is 11.3 Å². The van der Waals surface area contributed by atoms with Crippen molar-refractivity contribution in [2.75, 3.05) is 31.1 Å². The van der Waals surface area contributed by atoms with Crippen LogP contribution in [0.4, 0.5) is 5.69 Å². The van der Waals surface area contributed by atoms with Gasteiger partial charge in [-0.15, -0.1) is 11.3 Å². The average molecular weight is 400 g/mol. The molecule has 1 aliphatic rings. The van der Waals surface area contributed by atoms with Crippen molar-refractivity contribution in [3.05, 3.63) is 69.8 Å². The van der Waals surface area contributed by atoms with Gasteiger partial charge in [0.25, 0.3) is 5.91 Å². The van der Waals surface area contributed by atoms with E-state index in [1.165, 1.54) is 4.88 Å². The lowest BCUT2D eigenvalue weighted by Crippen LogP contribution is -2.49. The largest absolute Gasteiger partial charge is 0.368 e. The first-order chi connectivity index (χ1) is 13.0. The fraction of sp³-hybridized carbons (Fsp3) is 0.286. The van der Waals surface area contributed by atoms with Crippen LogP contribution in [0.15, 0.2) is 48.8 Å². The van der Waals surface area contributed by atoms with Crippen LogP contribution in [0.3, 0.4) is 0 Å². The van der Waals surface area contributed by atoms with E-state index in [0.717, 1.165) is 39.9 Å². The van der Waals surface area contributed by atoms with Gasteiger partial charge in [-0.25, -0.2) is 0 Å². The number of piperazine rings is 1. The smallest absolute Gasteiger partial charge is 0.257 e. The topological polar surface area (TPSA) is 28.5 Å². The molecule has 0 N–H and O–H groups in total. The van der Waals surface area contributed by atoms with Crippen molar-refractivity contribution in [2.45, 2.75) is 13.8 Å². The molecule has 27 heavy (non-hydrogen) atoms. The molecule has 4 rings (SSSR count). The Bertz CT molecular complexity index is 956. The zero-order valence-corrected chi connectivity index (χ0v) is 17.1. The minimum Gasteiger partial charge on any atom is -0.368 e. The number of benzene rings is 1. The van der Waals surface area contributed by atoms with Crippen LogP contribution in [0.2, 0.25) is 5.02 Å². The summed E-state index contributed by atoms with van der Waals surface area (Å²) in [6, 6.07) is 11.9. The lowest BCUT2D eigenvalue weighted by atomic mass is 10.1. The molecule has 140 valence electrons. The number of aryl methyl sites for hydroxylation is 1. The molecule has 2 aromatic heterocycles. The van der Waals surface area contributed by atoms with Gasteiger partial charge in [0.1, 0.15) is 5.00 Å². The molecule has 0 unspecified atom stereocenters. The van der Waals surface area contributed by atoms with Crippen molar-refractivity contribution in [1.82, 2.24) is 9.47 Å². The molecule has 3 aromatic rings. The van der Waals surface area contributed by atoms with Gasteiger partial charge in [-0.3, -0.25) is 4.79 Å². The summed E-state index contributed by atoms with van der Waals surface area (Å²) in [4.78, 5) is 18.8. The van der Waals surface area contributed by atoms with Crippen molar-refractivity contribution < 1.29 is 4.79 Å². The Morgan fingerprint density at radius 1 is 1.04 bits per heavy atom. The monoisotopic (exact) mass is 399 g/mol. The van der Waals surface area contributed by atoms with Gasteiger partial charge in [-0.2, -0.15) is 0 Å². The normalized spacial score (nSPS) is 14.6. The van der Waals surface area contributed by atoms with Crippen molar-refractivity contribution in [3.8, 4) is 5.00 Å². The van der Waals surface area contributed by atoms with Gasteiger partial charge in [-0.05, 0) is 49.7 Å². The SMILES string of the molecule is Cc1sc(-n2cccc2)c(C(=O)N2CCN(c3cccc(Cl)c3)CC2)c1C. The molecule has 0 atom stereocenters. The Hall–Kier alpha value is -2.24. The van der Waals surface area contributed by atoms with Crippen molar-refractivity contribution in [2.24, 2.45) is 0 Å². The highest BCUT2D eigenvalue weighted by atomic mass is 35.5. The molecular formula is C21H22ClN3OS. The molecule has 0 spiro atoms. The molecular weight excluding hydrogens is 378 g/mol. The van der Waals surface area contributed by atoms with Crippen LogP contribution in [0.1, 0.15) is 20.8 Å². The highest BCUT2D eigenvalue weighted by Gasteiger charge is 2.27. The first kappa shape index (κ1) is 18.1. The number of carbonyl (C=O) groups is 1. The van der Waals surface area contributed by atoms with Crippen LogP contribution in [0.25, 0.3) is 5.00 Å². The molecule has 1 aromatic carbocycles. The summed E-state index contributed by atoms with van der Waals surface area (Å²) in [7, 11) is 0. The summed E-state index contributed by atoms with van der Waals surface area (Å²) in [6.07, 6.45) is 4.00. The second-order valence-corrected chi connectivity index (χ2v) is 8.45. The van der Waals surface area contributed by atoms with E-state index >= 15 is 0 Å². The van der Waals surface area contributed by atoms with E-state index in [0.29, 0.717) is 13.1 Å². The van der Waals surface area contributed by atoms with E-state index in [9.17, 15) is 4.79 Å². The first-order valence-electron chi connectivity index (χ1n) is 9.07. The van der Waals surface area contributed by atoms with Crippen LogP contribution in [0.5, 0.6) is 0 Å². The van der Waals surface area contributed by atoms with Crippen LogP contribution < -0.4 is 4.90 Å². The number of amides is 1. The zero-order chi connectivity index (χ0) is 19.0. The number of hydrogen-bond donors (Lipinski definition) is 0. The number of nitrogens with zero attached hydrogens (tertiary/aromatic N) is 3. The molecule has 0 saturated carbocycles. The predicted octanol–water partition coefficient (Wildman–Crippen LogP) is 4.77. The molecule has 0 bridgehead atoms. The van der Waals surface area contributed by atoms with E-state index in [1.807, 2.05) is 59.1 Å². The summed E-state index contributed by atoms with van der Waals surface area (Å²) in [5, 5.41) is 1.75. The molecule has 0 radical (unpaired) electrons. The van der Waals surface area contributed by atoms with E-state index in [-0.39, 0.29) is 5.91 Å². The van der Waals surface area contributed by atoms with Crippen LogP contribution >= 0.6 is 22.9 Å². The van der Waals surface area contributed by atoms with Crippen molar-refractivity contribution in [1.29, 1.82) is 0 Å². The third kappa shape index (κ3) is 3.49. The Morgan fingerprint density at radius 3 is 2.41 bits per heavy atom. The molecule has 1 saturated heterocycles. The minimum atomic E-state index is 0.131. The molecule has 1 fully saturated rings. The summed E-state index contributed by atoms with van der Waals surface area (Å²) >= 11 is 7.80. The Kier molecular flexibility index (Phi) is 4.98. The minimum absolute atomic E-state index is 0.131. The zero-order valence-electron chi connectivity index (χ0n) is 15.5. The number of thiophene rings is 1. The maximum atomic E-state index is 13.3. The van der Waals surface area contributed by atoms with E-state index in [2.05, 4.69) is 17.9 Å². The van der Waals surface area contributed by atoms with Crippen LogP contribution in [-0.4, -0.2) is 41.6 Å². The molecule has 0 aliphatic carbocycles. The van der Waals surface area contributed by atoms with Gasteiger partial charge >= 0.3 is 0 Å². The molecule has 4 nitrogen and oxygen atoms in total. The Labute approximate surface area is 168 Å². The maximum Gasteiger partial charge on any atom is 0.257 e. The van der Waals surface area contributed by atoms with Crippen molar-refractivity contribution in [3.63, 3.8) is 0 Å². The lowest BCUT2D eigenvalue weighted by molar-refractivity contribution is 0.0746. The third-order valence-electron chi connectivity index (χ3n) is 5.16. The number of hydrogen-bond acceptors (Lipinski definition) is 3. The van der Waals surface area contributed by atoms with E-state index < -0.39 is 0 Å². The fourth-order valence-electron chi connectivity index (χ4n) is 3.51. The van der Waals surface area contributed by atoms with Crippen LogP contribution in [-0.2, 0) is 0 Å². The molecule has 1 aliphatic heterocycles. The standard InChI is InChI=1S/C21H22ClN3OS/c1-15-16(2)27-21(25-8-3-4-9-25)19(15)20(26)24-12-10-23(11-13-24)18-7-5-6-17(22)14-18/h3-9,14H,10-13H2,1-2H3. The summed E-state index contributed by atoms with van der Waals surface area (Å²) in [5.74, 6) is 0.131. The van der Waals surface area contributed by atoms with Gasteiger partial charge in [0.05, 0.1) is 5.56 Å². The Morgan fingerprint density at radius 2 is 1.74 bits per heavy atom. The van der Waals surface area contributed by atoms with Crippen LogP contribution in [0, 0.1) is 13.8 Å². The van der Waals surface area contributed by atoms with Gasteiger partial charge < -0.3 is 14.4 Å². The number of halogens is 1. The van der Waals surface area contributed by atoms with Gasteiger partial charge in [0.15, 0.2) is 0 Å². The number of rotatable bonds is 3. The predicted molar refractivity (Wildman–Crippen MR) is 113 cm³/mol. The number of aromatic nitrogens is 1. The summed E-state index contributed by atoms with van der Waals surface area (Å²) in [6.45, 7) is 7.19.